The van der Waals surface area contributed by atoms with Gasteiger partial charge in [-0.2, -0.15) is 0 Å². The standard InChI is InChI=1S/C40H40N2OSi/c1-25(2)31-23-28(27-15-9-8-10-16-27)24-32(26(3)4)38(31)42-34-19-13-12-18-33(34)41-40(42)30-21-22-36(44(5,6)7)37-29-17-11-14-20-35(29)43-39(30)37/h8-26H,1-7H3. The summed E-state index contributed by atoms with van der Waals surface area (Å²) in [6.45, 7) is 16.4. The van der Waals surface area contributed by atoms with Crippen molar-refractivity contribution < 1.29 is 4.42 Å². The maximum Gasteiger partial charge on any atom is 0.149 e. The van der Waals surface area contributed by atoms with Gasteiger partial charge < -0.3 is 4.42 Å². The van der Waals surface area contributed by atoms with E-state index < -0.39 is 8.07 Å². The van der Waals surface area contributed by atoms with Crippen molar-refractivity contribution in [2.45, 2.75) is 59.2 Å². The first-order chi connectivity index (χ1) is 21.1. The van der Waals surface area contributed by atoms with Crippen molar-refractivity contribution in [2.75, 3.05) is 0 Å². The Labute approximate surface area is 261 Å². The van der Waals surface area contributed by atoms with Gasteiger partial charge in [0.1, 0.15) is 17.0 Å². The number of rotatable bonds is 6. The van der Waals surface area contributed by atoms with Crippen molar-refractivity contribution in [3.8, 4) is 28.2 Å². The van der Waals surface area contributed by atoms with Crippen LogP contribution in [0.4, 0.5) is 0 Å². The molecule has 0 atom stereocenters. The van der Waals surface area contributed by atoms with Crippen LogP contribution < -0.4 is 5.19 Å². The molecule has 0 saturated heterocycles. The molecule has 5 aromatic carbocycles. The Balaban J connectivity index is 1.61. The lowest BCUT2D eigenvalue weighted by molar-refractivity contribution is 0.669. The second-order valence-electron chi connectivity index (χ2n) is 13.7. The molecule has 220 valence electrons. The third kappa shape index (κ3) is 4.60. The summed E-state index contributed by atoms with van der Waals surface area (Å²) >= 11 is 0. The highest BCUT2D eigenvalue weighted by Crippen LogP contribution is 2.42. The van der Waals surface area contributed by atoms with E-state index in [0.717, 1.165) is 33.6 Å². The highest BCUT2D eigenvalue weighted by atomic mass is 28.3. The number of imidazole rings is 1. The fourth-order valence-electron chi connectivity index (χ4n) is 6.68. The van der Waals surface area contributed by atoms with E-state index in [1.807, 2.05) is 0 Å². The molecule has 0 amide bonds. The van der Waals surface area contributed by atoms with Crippen LogP contribution in [0.1, 0.15) is 50.7 Å². The molecule has 3 nitrogen and oxygen atoms in total. The van der Waals surface area contributed by atoms with Gasteiger partial charge in [0.15, 0.2) is 0 Å². The normalized spacial score (nSPS) is 12.4. The minimum Gasteiger partial charge on any atom is -0.455 e. The lowest BCUT2D eigenvalue weighted by Crippen LogP contribution is -2.38. The highest BCUT2D eigenvalue weighted by Gasteiger charge is 2.28. The van der Waals surface area contributed by atoms with E-state index >= 15 is 0 Å². The fourth-order valence-corrected chi connectivity index (χ4v) is 8.26. The maximum absolute atomic E-state index is 6.76. The Morgan fingerprint density at radius 2 is 1.32 bits per heavy atom. The van der Waals surface area contributed by atoms with E-state index in [-0.39, 0.29) is 0 Å². The van der Waals surface area contributed by atoms with Crippen molar-refractivity contribution in [1.29, 1.82) is 0 Å². The average molecular weight is 593 g/mol. The van der Waals surface area contributed by atoms with Crippen LogP contribution in [-0.2, 0) is 0 Å². The highest BCUT2D eigenvalue weighted by molar-refractivity contribution is 6.90. The summed E-state index contributed by atoms with van der Waals surface area (Å²) in [6, 6.07) is 37.2. The fraction of sp³-hybridized carbons (Fsp3) is 0.225. The molecule has 0 radical (unpaired) electrons. The van der Waals surface area contributed by atoms with Gasteiger partial charge in [-0.15, -0.1) is 0 Å². The van der Waals surface area contributed by atoms with Gasteiger partial charge in [-0.1, -0.05) is 114 Å². The average Bonchev–Trinajstić information content (AvgIpc) is 3.59. The molecule has 0 N–H and O–H groups in total. The van der Waals surface area contributed by atoms with Gasteiger partial charge in [0.05, 0.1) is 30.4 Å². The molecule has 0 fully saturated rings. The predicted molar refractivity (Wildman–Crippen MR) is 190 cm³/mol. The summed E-state index contributed by atoms with van der Waals surface area (Å²) in [5.41, 5.74) is 11.4. The molecule has 0 unspecified atom stereocenters. The first kappa shape index (κ1) is 28.4. The molecule has 0 bridgehead atoms. The monoisotopic (exact) mass is 592 g/mol. The number of benzene rings is 5. The number of hydrogen-bond acceptors (Lipinski definition) is 2. The van der Waals surface area contributed by atoms with Crippen molar-refractivity contribution in [1.82, 2.24) is 9.55 Å². The van der Waals surface area contributed by atoms with Gasteiger partial charge in [-0.05, 0) is 75.7 Å². The molecule has 0 aliphatic rings. The Kier molecular flexibility index (Phi) is 6.86. The van der Waals surface area contributed by atoms with Crippen LogP contribution in [0, 0.1) is 0 Å². The Hall–Kier alpha value is -4.41. The molecule has 2 aromatic heterocycles. The van der Waals surface area contributed by atoms with E-state index in [2.05, 4.69) is 155 Å². The number of furan rings is 1. The Bertz CT molecular complexity index is 2130. The first-order valence-electron chi connectivity index (χ1n) is 15.8. The zero-order chi connectivity index (χ0) is 30.7. The second-order valence-corrected chi connectivity index (χ2v) is 18.7. The van der Waals surface area contributed by atoms with Crippen LogP contribution in [0.15, 0.2) is 108 Å². The minimum absolute atomic E-state index is 0.306. The molecule has 0 saturated carbocycles. The summed E-state index contributed by atoms with van der Waals surface area (Å²) < 4.78 is 9.18. The van der Waals surface area contributed by atoms with Crippen molar-refractivity contribution in [3.63, 3.8) is 0 Å². The molecule has 4 heteroatoms. The summed E-state index contributed by atoms with van der Waals surface area (Å²) in [5, 5.41) is 3.84. The van der Waals surface area contributed by atoms with Crippen LogP contribution in [0.3, 0.4) is 0 Å². The minimum atomic E-state index is -1.69. The van der Waals surface area contributed by atoms with Gasteiger partial charge in [0.2, 0.25) is 0 Å². The lowest BCUT2D eigenvalue weighted by Gasteiger charge is -2.24. The van der Waals surface area contributed by atoms with Gasteiger partial charge >= 0.3 is 0 Å². The molecule has 0 aliphatic carbocycles. The van der Waals surface area contributed by atoms with Crippen molar-refractivity contribution in [2.24, 2.45) is 0 Å². The van der Waals surface area contributed by atoms with E-state index in [9.17, 15) is 0 Å². The molecular weight excluding hydrogens is 553 g/mol. The molecular formula is C40H40N2OSi. The topological polar surface area (TPSA) is 31.0 Å². The molecule has 44 heavy (non-hydrogen) atoms. The van der Waals surface area contributed by atoms with Crippen LogP contribution in [0.25, 0.3) is 61.2 Å². The van der Waals surface area contributed by atoms with Crippen molar-refractivity contribution >= 4 is 46.2 Å². The van der Waals surface area contributed by atoms with Crippen LogP contribution >= 0.6 is 0 Å². The molecule has 2 heterocycles. The third-order valence-electron chi connectivity index (χ3n) is 8.88. The maximum atomic E-state index is 6.76. The number of hydrogen-bond donors (Lipinski definition) is 0. The number of nitrogens with zero attached hydrogens (tertiary/aromatic N) is 2. The summed E-state index contributed by atoms with van der Waals surface area (Å²) in [7, 11) is -1.69. The van der Waals surface area contributed by atoms with Gasteiger partial charge in [0.25, 0.3) is 0 Å². The largest absolute Gasteiger partial charge is 0.455 e. The first-order valence-corrected chi connectivity index (χ1v) is 19.3. The second kappa shape index (κ2) is 10.6. The van der Waals surface area contributed by atoms with E-state index in [0.29, 0.717) is 11.8 Å². The van der Waals surface area contributed by atoms with Crippen LogP contribution in [-0.4, -0.2) is 17.6 Å². The molecule has 7 aromatic rings. The van der Waals surface area contributed by atoms with Gasteiger partial charge in [0, 0.05) is 10.8 Å². The quantitative estimate of drug-likeness (QED) is 0.180. The third-order valence-corrected chi connectivity index (χ3v) is 10.9. The Morgan fingerprint density at radius 3 is 2.00 bits per heavy atom. The molecule has 0 aliphatic heterocycles. The number of aromatic nitrogens is 2. The Morgan fingerprint density at radius 1 is 0.682 bits per heavy atom. The zero-order valence-corrected chi connectivity index (χ0v) is 27.8. The predicted octanol–water partition coefficient (Wildman–Crippen LogP) is 11.1. The number of fused-ring (bicyclic) bond motifs is 4. The van der Waals surface area contributed by atoms with E-state index in [4.69, 9.17) is 9.40 Å². The van der Waals surface area contributed by atoms with Crippen LogP contribution in [0.2, 0.25) is 19.6 Å². The van der Waals surface area contributed by atoms with Crippen molar-refractivity contribution in [3.05, 3.63) is 114 Å². The van der Waals surface area contributed by atoms with Crippen LogP contribution in [0.5, 0.6) is 0 Å². The molecule has 7 rings (SSSR count). The summed E-state index contributed by atoms with van der Waals surface area (Å²) in [4.78, 5) is 5.37. The van der Waals surface area contributed by atoms with Gasteiger partial charge in [-0.25, -0.2) is 4.98 Å². The SMILES string of the molecule is CC(C)c1cc(-c2ccccc2)cc(C(C)C)c1-n1c(-c2ccc([Si](C)(C)C)c3c2oc2ccccc23)nc2ccccc21. The summed E-state index contributed by atoms with van der Waals surface area (Å²) in [6.07, 6.45) is 0. The van der Waals surface area contributed by atoms with E-state index in [1.165, 1.54) is 43.9 Å². The lowest BCUT2D eigenvalue weighted by atomic mass is 9.88. The van der Waals surface area contributed by atoms with Gasteiger partial charge in [-0.3, -0.25) is 4.57 Å². The molecule has 0 spiro atoms. The van der Waals surface area contributed by atoms with E-state index in [1.54, 1.807) is 0 Å². The zero-order valence-electron chi connectivity index (χ0n) is 26.8. The summed E-state index contributed by atoms with van der Waals surface area (Å²) in [5.74, 6) is 1.54. The number of para-hydroxylation sites is 3. The smallest absolute Gasteiger partial charge is 0.149 e.